The van der Waals surface area contributed by atoms with Crippen LogP contribution in [-0.4, -0.2) is 30.9 Å². The molecule has 0 atom stereocenters. The summed E-state index contributed by atoms with van der Waals surface area (Å²) in [7, 11) is 0. The zero-order chi connectivity index (χ0) is 18.2. The van der Waals surface area contributed by atoms with E-state index in [2.05, 4.69) is 27.9 Å². The van der Waals surface area contributed by atoms with Crippen molar-refractivity contribution in [3.8, 4) is 5.75 Å². The quantitative estimate of drug-likeness (QED) is 0.396. The largest absolute Gasteiger partial charge is 0.482 e. The van der Waals surface area contributed by atoms with Crippen LogP contribution >= 0.6 is 22.6 Å². The number of halogens is 1. The number of hydrogen-bond acceptors (Lipinski definition) is 5. The topological polar surface area (TPSA) is 81.7 Å². The molecule has 0 aliphatic carbocycles. The maximum Gasteiger partial charge on any atom is 0.344 e. The molecule has 25 heavy (non-hydrogen) atoms. The average Bonchev–Trinajstić information content (AvgIpc) is 2.58. The summed E-state index contributed by atoms with van der Waals surface area (Å²) >= 11 is 2.13. The van der Waals surface area contributed by atoms with Crippen molar-refractivity contribution in [3.05, 3.63) is 57.7 Å². The van der Waals surface area contributed by atoms with Crippen molar-refractivity contribution in [2.75, 3.05) is 18.5 Å². The van der Waals surface area contributed by atoms with E-state index in [9.17, 15) is 14.4 Å². The molecule has 2 rings (SSSR count). The van der Waals surface area contributed by atoms with Gasteiger partial charge >= 0.3 is 5.97 Å². The lowest BCUT2D eigenvalue weighted by Crippen LogP contribution is -2.23. The molecule has 130 valence electrons. The number of Topliss-reactive ketones (excluding diaryl/α,β-unsaturated/α-hetero) is 1. The molecule has 2 aromatic carbocycles. The maximum atomic E-state index is 11.7. The fraction of sp³-hybridized carbons (Fsp3) is 0.167. The molecule has 2 aromatic rings. The Balaban J connectivity index is 1.73. The molecule has 0 saturated carbocycles. The number of benzene rings is 2. The first-order valence-electron chi connectivity index (χ1n) is 7.39. The number of hydrogen-bond donors (Lipinski definition) is 1. The number of anilines is 1. The smallest absolute Gasteiger partial charge is 0.344 e. The third-order valence-corrected chi connectivity index (χ3v) is 3.76. The van der Waals surface area contributed by atoms with Gasteiger partial charge in [-0.25, -0.2) is 4.79 Å². The van der Waals surface area contributed by atoms with Gasteiger partial charge in [-0.05, 0) is 72.0 Å². The zero-order valence-electron chi connectivity index (χ0n) is 13.5. The molecule has 0 saturated heterocycles. The normalized spacial score (nSPS) is 10.0. The fourth-order valence-corrected chi connectivity index (χ4v) is 2.42. The summed E-state index contributed by atoms with van der Waals surface area (Å²) in [6, 6.07) is 13.7. The molecule has 0 bridgehead atoms. The Morgan fingerprint density at radius 3 is 2.40 bits per heavy atom. The van der Waals surface area contributed by atoms with Gasteiger partial charge in [-0.15, -0.1) is 0 Å². The number of nitrogens with one attached hydrogen (secondary N) is 1. The Hall–Kier alpha value is -2.42. The number of rotatable bonds is 7. The number of ketones is 1. The molecular formula is C18H16INO5. The Morgan fingerprint density at radius 2 is 1.76 bits per heavy atom. The molecule has 0 unspecified atom stereocenters. The minimum Gasteiger partial charge on any atom is -0.482 e. The minimum atomic E-state index is -0.659. The SMILES string of the molecule is CC(=O)c1ccc(OCC(=O)OCC(=O)Nc2cccc(I)c2)cc1. The van der Waals surface area contributed by atoms with Crippen LogP contribution in [0.15, 0.2) is 48.5 Å². The summed E-state index contributed by atoms with van der Waals surface area (Å²) in [6.45, 7) is 0.751. The molecule has 0 aliphatic rings. The second-order valence-corrected chi connectivity index (χ2v) is 6.33. The molecule has 0 spiro atoms. The highest BCUT2D eigenvalue weighted by Crippen LogP contribution is 2.13. The summed E-state index contributed by atoms with van der Waals surface area (Å²) < 4.78 is 11.1. The van der Waals surface area contributed by atoms with Crippen LogP contribution in [0.2, 0.25) is 0 Å². The Bertz CT molecular complexity index is 773. The third-order valence-electron chi connectivity index (χ3n) is 3.09. The van der Waals surface area contributed by atoms with E-state index in [-0.39, 0.29) is 12.4 Å². The summed E-state index contributed by atoms with van der Waals surface area (Å²) in [5.41, 5.74) is 1.19. The number of carbonyl (C=O) groups is 3. The van der Waals surface area contributed by atoms with Crippen LogP contribution in [0.25, 0.3) is 0 Å². The van der Waals surface area contributed by atoms with E-state index in [1.54, 1.807) is 36.4 Å². The van der Waals surface area contributed by atoms with Crippen LogP contribution in [0.1, 0.15) is 17.3 Å². The van der Waals surface area contributed by atoms with Crippen molar-refractivity contribution < 1.29 is 23.9 Å². The van der Waals surface area contributed by atoms with Crippen molar-refractivity contribution in [1.82, 2.24) is 0 Å². The minimum absolute atomic E-state index is 0.0509. The van der Waals surface area contributed by atoms with Crippen LogP contribution < -0.4 is 10.1 Å². The van der Waals surface area contributed by atoms with Crippen LogP contribution in [0.3, 0.4) is 0 Å². The van der Waals surface area contributed by atoms with E-state index < -0.39 is 18.5 Å². The molecule has 1 N–H and O–H groups in total. The fourth-order valence-electron chi connectivity index (χ4n) is 1.88. The van der Waals surface area contributed by atoms with Crippen molar-refractivity contribution >= 4 is 45.9 Å². The predicted molar refractivity (Wildman–Crippen MR) is 101 cm³/mol. The standard InChI is InChI=1S/C18H16INO5/c1-12(21)13-5-7-16(8-6-13)24-11-18(23)25-10-17(22)20-15-4-2-3-14(19)9-15/h2-9H,10-11H2,1H3,(H,20,22). The zero-order valence-corrected chi connectivity index (χ0v) is 15.6. The lowest BCUT2D eigenvalue weighted by atomic mass is 10.1. The van der Waals surface area contributed by atoms with Crippen LogP contribution in [0, 0.1) is 3.57 Å². The van der Waals surface area contributed by atoms with E-state index in [0.717, 1.165) is 3.57 Å². The van der Waals surface area contributed by atoms with Gasteiger partial charge in [0.2, 0.25) is 0 Å². The Morgan fingerprint density at radius 1 is 1.04 bits per heavy atom. The number of esters is 1. The molecule has 0 aromatic heterocycles. The maximum absolute atomic E-state index is 11.7. The van der Waals surface area contributed by atoms with Crippen molar-refractivity contribution in [2.45, 2.75) is 6.92 Å². The molecule has 6 nitrogen and oxygen atoms in total. The van der Waals surface area contributed by atoms with Gasteiger partial charge in [0.1, 0.15) is 5.75 Å². The van der Waals surface area contributed by atoms with Gasteiger partial charge in [0.05, 0.1) is 0 Å². The highest BCUT2D eigenvalue weighted by atomic mass is 127. The second-order valence-electron chi connectivity index (χ2n) is 5.09. The van der Waals surface area contributed by atoms with Crippen LogP contribution in [0.4, 0.5) is 5.69 Å². The van der Waals surface area contributed by atoms with Crippen molar-refractivity contribution in [1.29, 1.82) is 0 Å². The summed E-state index contributed by atoms with van der Waals surface area (Å²) in [5.74, 6) is -0.704. The molecule has 0 radical (unpaired) electrons. The van der Waals surface area contributed by atoms with Crippen LogP contribution in [-0.2, 0) is 14.3 Å². The van der Waals surface area contributed by atoms with Crippen LogP contribution in [0.5, 0.6) is 5.75 Å². The number of ether oxygens (including phenoxy) is 2. The molecule has 0 fully saturated rings. The van der Waals surface area contributed by atoms with Gasteiger partial charge in [0.15, 0.2) is 19.0 Å². The Kier molecular flexibility index (Phi) is 6.93. The Labute approximate surface area is 158 Å². The summed E-state index contributed by atoms with van der Waals surface area (Å²) in [4.78, 5) is 34.5. The first-order chi connectivity index (χ1) is 11.9. The van der Waals surface area contributed by atoms with Gasteiger partial charge in [0, 0.05) is 14.8 Å². The average molecular weight is 453 g/mol. The molecule has 0 heterocycles. The molecule has 0 aliphatic heterocycles. The molecule has 1 amide bonds. The summed E-state index contributed by atoms with van der Waals surface area (Å²) in [6.07, 6.45) is 0. The van der Waals surface area contributed by atoms with E-state index in [1.165, 1.54) is 6.92 Å². The van der Waals surface area contributed by atoms with E-state index in [4.69, 9.17) is 9.47 Å². The highest BCUT2D eigenvalue weighted by Gasteiger charge is 2.09. The predicted octanol–water partition coefficient (Wildman–Crippen LogP) is 3.05. The lowest BCUT2D eigenvalue weighted by molar-refractivity contribution is -0.149. The third kappa shape index (κ3) is 6.54. The van der Waals surface area contributed by atoms with E-state index >= 15 is 0 Å². The van der Waals surface area contributed by atoms with Gasteiger partial charge < -0.3 is 14.8 Å². The lowest BCUT2D eigenvalue weighted by Gasteiger charge is -2.08. The number of carbonyl (C=O) groups excluding carboxylic acids is 3. The van der Waals surface area contributed by atoms with Gasteiger partial charge in [-0.3, -0.25) is 9.59 Å². The summed E-state index contributed by atoms with van der Waals surface area (Å²) in [5, 5.41) is 2.63. The first kappa shape index (κ1) is 18.9. The van der Waals surface area contributed by atoms with E-state index in [0.29, 0.717) is 17.0 Å². The first-order valence-corrected chi connectivity index (χ1v) is 8.47. The van der Waals surface area contributed by atoms with E-state index in [1.807, 2.05) is 12.1 Å². The van der Waals surface area contributed by atoms with Gasteiger partial charge in [-0.1, -0.05) is 6.07 Å². The molecular weight excluding hydrogens is 437 g/mol. The van der Waals surface area contributed by atoms with Gasteiger partial charge in [-0.2, -0.15) is 0 Å². The number of amides is 1. The van der Waals surface area contributed by atoms with Crippen molar-refractivity contribution in [3.63, 3.8) is 0 Å². The molecule has 7 heteroatoms. The highest BCUT2D eigenvalue weighted by molar-refractivity contribution is 14.1. The van der Waals surface area contributed by atoms with Gasteiger partial charge in [0.25, 0.3) is 5.91 Å². The van der Waals surface area contributed by atoms with Crippen molar-refractivity contribution in [2.24, 2.45) is 0 Å². The monoisotopic (exact) mass is 453 g/mol. The second kappa shape index (κ2) is 9.16.